The number of rotatable bonds is 2. The highest BCUT2D eigenvalue weighted by atomic mass is 32.1. The van der Waals surface area contributed by atoms with Crippen molar-refractivity contribution in [3.05, 3.63) is 164 Å². The third kappa shape index (κ3) is 3.16. The molecule has 0 aliphatic carbocycles. The van der Waals surface area contributed by atoms with E-state index in [1.807, 2.05) is 11.3 Å². The molecule has 2 aliphatic rings. The highest BCUT2D eigenvalue weighted by molar-refractivity contribution is 7.27. The van der Waals surface area contributed by atoms with Gasteiger partial charge in [-0.25, -0.2) is 0 Å². The highest BCUT2D eigenvalue weighted by Crippen LogP contribution is 2.53. The zero-order valence-corrected chi connectivity index (χ0v) is 30.8. The molecule has 56 heavy (non-hydrogen) atoms. The smallest absolute Gasteiger partial charge is 0.333 e. The molecule has 2 nitrogen and oxygen atoms in total. The van der Waals surface area contributed by atoms with Gasteiger partial charge in [-0.1, -0.05) is 133 Å². The molecule has 0 radical (unpaired) electrons. The molecule has 4 aromatic heterocycles. The first-order valence-electron chi connectivity index (χ1n) is 19.6. The van der Waals surface area contributed by atoms with Crippen LogP contribution in [0.4, 0.5) is 0 Å². The van der Waals surface area contributed by atoms with Crippen molar-refractivity contribution in [2.24, 2.45) is 0 Å². The van der Waals surface area contributed by atoms with E-state index in [1.165, 1.54) is 135 Å². The Morgan fingerprint density at radius 2 is 1.11 bits per heavy atom. The number of para-hydroxylation sites is 1. The molecule has 0 saturated carbocycles. The van der Waals surface area contributed by atoms with E-state index >= 15 is 0 Å². The summed E-state index contributed by atoms with van der Waals surface area (Å²) < 4.78 is 8.19. The van der Waals surface area contributed by atoms with E-state index in [0.717, 1.165) is 0 Å². The van der Waals surface area contributed by atoms with E-state index in [9.17, 15) is 0 Å². The Morgan fingerprint density at radius 1 is 0.429 bits per heavy atom. The van der Waals surface area contributed by atoms with Crippen molar-refractivity contribution < 1.29 is 0 Å². The van der Waals surface area contributed by atoms with Gasteiger partial charge in [-0.05, 0) is 74.3 Å². The first-order valence-corrected chi connectivity index (χ1v) is 20.4. The van der Waals surface area contributed by atoms with Crippen LogP contribution >= 0.6 is 11.3 Å². The summed E-state index contributed by atoms with van der Waals surface area (Å²) in [6.45, 7) is -0.00460. The fraction of sp³-hybridized carbons (Fsp3) is 0. The Balaban J connectivity index is 1.26. The molecular weight excluding hydrogens is 695 g/mol. The average Bonchev–Trinajstić information content (AvgIpc) is 4.01. The van der Waals surface area contributed by atoms with Crippen LogP contribution in [-0.4, -0.2) is 15.7 Å². The Labute approximate surface area is 324 Å². The fourth-order valence-electron chi connectivity index (χ4n) is 11.3. The average molecular weight is 723 g/mol. The lowest BCUT2D eigenvalue weighted by Crippen LogP contribution is -2.54. The molecule has 0 spiro atoms. The number of thiophene rings is 1. The molecular formula is C52H27BN2S. The molecule has 0 fully saturated rings. The molecule has 4 heteroatoms. The van der Waals surface area contributed by atoms with Crippen molar-refractivity contribution in [2.75, 3.05) is 0 Å². The quantitative estimate of drug-likeness (QED) is 0.157. The minimum absolute atomic E-state index is 0.00460. The summed E-state index contributed by atoms with van der Waals surface area (Å²) in [7, 11) is 0. The first kappa shape index (κ1) is 28.6. The van der Waals surface area contributed by atoms with Crippen LogP contribution in [0.5, 0.6) is 0 Å². The molecule has 0 bridgehead atoms. The van der Waals surface area contributed by atoms with Gasteiger partial charge in [0.2, 0.25) is 0 Å². The Morgan fingerprint density at radius 3 is 1.93 bits per heavy atom. The minimum Gasteiger partial charge on any atom is -0.375 e. The second-order valence-electron chi connectivity index (χ2n) is 15.9. The van der Waals surface area contributed by atoms with E-state index in [-0.39, 0.29) is 6.85 Å². The van der Waals surface area contributed by atoms with Gasteiger partial charge in [-0.3, -0.25) is 0 Å². The number of aromatic nitrogens is 2. The first-order chi connectivity index (χ1) is 27.8. The molecule has 2 aliphatic heterocycles. The number of fused-ring (bicyclic) bond motifs is 15. The molecule has 0 N–H and O–H groups in total. The molecule has 9 aromatic carbocycles. The van der Waals surface area contributed by atoms with Gasteiger partial charge in [0, 0.05) is 74.6 Å². The predicted molar refractivity (Wildman–Crippen MR) is 241 cm³/mol. The number of hydrogen-bond donors (Lipinski definition) is 0. The van der Waals surface area contributed by atoms with Gasteiger partial charge >= 0.3 is 6.85 Å². The summed E-state index contributed by atoms with van der Waals surface area (Å²) in [6.07, 6.45) is 0. The van der Waals surface area contributed by atoms with Gasteiger partial charge in [-0.2, -0.15) is 0 Å². The van der Waals surface area contributed by atoms with Crippen molar-refractivity contribution in [1.82, 2.24) is 8.88 Å². The van der Waals surface area contributed by atoms with E-state index in [1.54, 1.807) is 0 Å². The SMILES string of the molecule is c1ccc(-c2cc3c4c(c2)c2cc(-c5ccccc5)cc5c6c7c(sc8ccccc87)c7c(c6n4c25)B3n2c3ccc4ccccc4c3c3cccc-7c32)cc1. The van der Waals surface area contributed by atoms with Crippen LogP contribution in [-0.2, 0) is 0 Å². The maximum atomic E-state index is 2.74. The summed E-state index contributed by atoms with van der Waals surface area (Å²) in [6, 6.07) is 61.9. The standard InChI is InChI=1S/C52H27BN2S/c1-3-12-28(13-4-1)31-24-37-38-25-32(29-14-5-2-6-15-29)27-40-50(38)54-48(37)39(26-31)44-45-34-18-9-10-21-42(34)56-52(45)46-36-20-11-19-35-43-33-17-8-7-16-30(33)22-23-41(43)55(49(35)36)53(40)47(46)51(44)54/h1-27H. The second kappa shape index (κ2) is 9.67. The monoisotopic (exact) mass is 722 g/mol. The van der Waals surface area contributed by atoms with Gasteiger partial charge in [-0.15, -0.1) is 11.3 Å². The van der Waals surface area contributed by atoms with E-state index in [2.05, 4.69) is 173 Å². The number of benzene rings is 9. The summed E-state index contributed by atoms with van der Waals surface area (Å²) in [5.41, 5.74) is 17.3. The minimum atomic E-state index is -0.00460. The van der Waals surface area contributed by atoms with Crippen LogP contribution in [0.25, 0.3) is 124 Å². The molecule has 0 amide bonds. The van der Waals surface area contributed by atoms with Crippen LogP contribution < -0.4 is 10.9 Å². The molecule has 0 atom stereocenters. The third-order valence-corrected chi connectivity index (χ3v) is 14.5. The fourth-order valence-corrected chi connectivity index (χ4v) is 12.6. The molecule has 15 rings (SSSR count). The van der Waals surface area contributed by atoms with Crippen molar-refractivity contribution in [3.63, 3.8) is 0 Å². The summed E-state index contributed by atoms with van der Waals surface area (Å²) >= 11 is 1.98. The van der Waals surface area contributed by atoms with Crippen LogP contribution in [0.3, 0.4) is 0 Å². The van der Waals surface area contributed by atoms with E-state index < -0.39 is 0 Å². The number of hydrogen-bond acceptors (Lipinski definition) is 1. The van der Waals surface area contributed by atoms with Gasteiger partial charge in [0.1, 0.15) is 0 Å². The molecule has 254 valence electrons. The van der Waals surface area contributed by atoms with Crippen LogP contribution in [0, 0.1) is 0 Å². The third-order valence-electron chi connectivity index (χ3n) is 13.3. The van der Waals surface area contributed by atoms with Crippen molar-refractivity contribution >= 4 is 120 Å². The van der Waals surface area contributed by atoms with Gasteiger partial charge in [0.25, 0.3) is 0 Å². The van der Waals surface area contributed by atoms with E-state index in [4.69, 9.17) is 0 Å². The Bertz CT molecular complexity index is 3920. The van der Waals surface area contributed by atoms with E-state index in [0.29, 0.717) is 0 Å². The predicted octanol–water partition coefficient (Wildman–Crippen LogP) is 12.7. The van der Waals surface area contributed by atoms with Crippen LogP contribution in [0.15, 0.2) is 164 Å². The highest BCUT2D eigenvalue weighted by Gasteiger charge is 2.43. The zero-order chi connectivity index (χ0) is 36.0. The second-order valence-corrected chi connectivity index (χ2v) is 17.0. The molecule has 6 heterocycles. The lowest BCUT2D eigenvalue weighted by Gasteiger charge is -2.32. The number of nitrogens with zero attached hydrogens (tertiary/aromatic N) is 2. The normalized spacial score (nSPS) is 13.3. The summed E-state index contributed by atoms with van der Waals surface area (Å²) in [5.74, 6) is 0. The molecule has 0 saturated heterocycles. The van der Waals surface area contributed by atoms with Crippen LogP contribution in [0.2, 0.25) is 0 Å². The molecule has 0 unspecified atom stereocenters. The zero-order valence-electron chi connectivity index (χ0n) is 30.0. The topological polar surface area (TPSA) is 9.34 Å². The van der Waals surface area contributed by atoms with Crippen molar-refractivity contribution in [2.45, 2.75) is 0 Å². The van der Waals surface area contributed by atoms with Gasteiger partial charge in [0.05, 0.1) is 16.6 Å². The van der Waals surface area contributed by atoms with Gasteiger partial charge < -0.3 is 8.88 Å². The summed E-state index contributed by atoms with van der Waals surface area (Å²) in [5, 5.41) is 13.5. The maximum Gasteiger partial charge on any atom is 0.333 e. The Kier molecular flexibility index (Phi) is 4.93. The van der Waals surface area contributed by atoms with Crippen LogP contribution in [0.1, 0.15) is 0 Å². The Hall–Kier alpha value is -6.88. The van der Waals surface area contributed by atoms with Crippen molar-refractivity contribution in [3.8, 4) is 33.4 Å². The lowest BCUT2D eigenvalue weighted by atomic mass is 9.45. The summed E-state index contributed by atoms with van der Waals surface area (Å²) in [4.78, 5) is 0. The van der Waals surface area contributed by atoms with Crippen molar-refractivity contribution in [1.29, 1.82) is 0 Å². The lowest BCUT2D eigenvalue weighted by molar-refractivity contribution is 1.31. The van der Waals surface area contributed by atoms with Gasteiger partial charge in [0.15, 0.2) is 0 Å². The largest absolute Gasteiger partial charge is 0.375 e. The molecule has 13 aromatic rings. The maximum absolute atomic E-state index is 2.74.